The lowest BCUT2D eigenvalue weighted by Gasteiger charge is -2.35. The van der Waals surface area contributed by atoms with E-state index in [1.165, 1.54) is 4.88 Å². The van der Waals surface area contributed by atoms with E-state index in [1.807, 2.05) is 11.3 Å². The monoisotopic (exact) mass is 410 g/mol. The number of ether oxygens (including phenoxy) is 3. The predicted molar refractivity (Wildman–Crippen MR) is 113 cm³/mol. The number of thiophene rings is 1. The Labute approximate surface area is 172 Å². The largest absolute Gasteiger partial charge is 0.381 e. The second-order valence-electron chi connectivity index (χ2n) is 7.26. The van der Waals surface area contributed by atoms with Crippen LogP contribution in [-0.4, -0.2) is 82.7 Å². The summed E-state index contributed by atoms with van der Waals surface area (Å²) in [5, 5.41) is 9.09. The Morgan fingerprint density at radius 1 is 1.25 bits per heavy atom. The highest BCUT2D eigenvalue weighted by molar-refractivity contribution is 7.10. The zero-order valence-electron chi connectivity index (χ0n) is 17.1. The smallest absolute Gasteiger partial charge is 0.191 e. The van der Waals surface area contributed by atoms with E-state index >= 15 is 0 Å². The van der Waals surface area contributed by atoms with Gasteiger partial charge in [0.2, 0.25) is 0 Å². The van der Waals surface area contributed by atoms with Crippen LogP contribution in [0.5, 0.6) is 0 Å². The molecule has 2 N–H and O–H groups in total. The zero-order chi connectivity index (χ0) is 19.7. The molecule has 2 fully saturated rings. The first kappa shape index (κ1) is 21.5. The lowest BCUT2D eigenvalue weighted by Crippen LogP contribution is -2.47. The van der Waals surface area contributed by atoms with E-state index in [9.17, 15) is 0 Å². The van der Waals surface area contributed by atoms with Gasteiger partial charge < -0.3 is 24.8 Å². The van der Waals surface area contributed by atoms with Gasteiger partial charge in [-0.15, -0.1) is 11.3 Å². The highest BCUT2D eigenvalue weighted by Crippen LogP contribution is 2.26. The Hall–Kier alpha value is -1.19. The van der Waals surface area contributed by atoms with Crippen molar-refractivity contribution in [2.45, 2.75) is 31.4 Å². The molecule has 28 heavy (non-hydrogen) atoms. The molecule has 3 rings (SSSR count). The summed E-state index contributed by atoms with van der Waals surface area (Å²) in [4.78, 5) is 8.73. The minimum absolute atomic E-state index is 0.210. The Morgan fingerprint density at radius 2 is 2.00 bits per heavy atom. The average Bonchev–Trinajstić information content (AvgIpc) is 3.28. The molecule has 1 aromatic rings. The zero-order valence-corrected chi connectivity index (χ0v) is 17.9. The van der Waals surface area contributed by atoms with Crippen LogP contribution in [0.1, 0.15) is 30.7 Å². The molecule has 7 nitrogen and oxygen atoms in total. The third-order valence-corrected chi connectivity index (χ3v) is 6.50. The van der Waals surface area contributed by atoms with Crippen LogP contribution in [0.4, 0.5) is 0 Å². The van der Waals surface area contributed by atoms with Crippen LogP contribution in [0, 0.1) is 0 Å². The number of guanidine groups is 1. The Bertz CT molecular complexity index is 584. The number of nitrogens with one attached hydrogen (secondary N) is 2. The number of hydrogen-bond acceptors (Lipinski definition) is 6. The highest BCUT2D eigenvalue weighted by atomic mass is 32.1. The number of methoxy groups -OCH3 is 1. The molecule has 158 valence electrons. The first-order valence-electron chi connectivity index (χ1n) is 10.3. The number of nitrogens with zero attached hydrogens (tertiary/aromatic N) is 2. The summed E-state index contributed by atoms with van der Waals surface area (Å²) in [5.74, 6) is 0.847. The van der Waals surface area contributed by atoms with E-state index in [0.717, 1.165) is 71.4 Å². The van der Waals surface area contributed by atoms with Gasteiger partial charge in [0, 0.05) is 64.2 Å². The molecule has 0 amide bonds. The predicted octanol–water partition coefficient (Wildman–Crippen LogP) is 1.87. The van der Waals surface area contributed by atoms with Crippen molar-refractivity contribution >= 4 is 17.3 Å². The van der Waals surface area contributed by atoms with Crippen LogP contribution in [-0.2, 0) is 14.2 Å². The fourth-order valence-electron chi connectivity index (χ4n) is 3.71. The molecular formula is C20H34N4O3S. The summed E-state index contributed by atoms with van der Waals surface area (Å²) in [5.41, 5.74) is -0.210. The topological polar surface area (TPSA) is 67.4 Å². The molecular weight excluding hydrogens is 376 g/mol. The van der Waals surface area contributed by atoms with E-state index in [1.54, 1.807) is 7.11 Å². The third kappa shape index (κ3) is 5.90. The molecule has 0 spiro atoms. The van der Waals surface area contributed by atoms with Gasteiger partial charge in [0.15, 0.2) is 5.96 Å². The summed E-state index contributed by atoms with van der Waals surface area (Å²) >= 11 is 1.81. The van der Waals surface area contributed by atoms with Gasteiger partial charge in [-0.05, 0) is 18.4 Å². The van der Waals surface area contributed by atoms with Crippen LogP contribution in [0.25, 0.3) is 0 Å². The van der Waals surface area contributed by atoms with Crippen LogP contribution in [0.2, 0.25) is 0 Å². The normalized spacial score (nSPS) is 22.0. The van der Waals surface area contributed by atoms with E-state index in [2.05, 4.69) is 40.0 Å². The van der Waals surface area contributed by atoms with Gasteiger partial charge in [-0.2, -0.15) is 0 Å². The van der Waals surface area contributed by atoms with Gasteiger partial charge in [-0.3, -0.25) is 9.89 Å². The fourth-order valence-corrected chi connectivity index (χ4v) is 4.57. The summed E-state index contributed by atoms with van der Waals surface area (Å²) in [7, 11) is 1.78. The Kier molecular flexibility index (Phi) is 8.54. The molecule has 1 unspecified atom stereocenters. The molecule has 0 bridgehead atoms. The van der Waals surface area contributed by atoms with E-state index in [-0.39, 0.29) is 5.60 Å². The molecule has 2 saturated heterocycles. The summed E-state index contributed by atoms with van der Waals surface area (Å²) in [6, 6.07) is 4.67. The maximum Gasteiger partial charge on any atom is 0.191 e. The third-order valence-electron chi connectivity index (χ3n) is 5.53. The van der Waals surface area contributed by atoms with E-state index in [4.69, 9.17) is 19.2 Å². The van der Waals surface area contributed by atoms with Crippen LogP contribution >= 0.6 is 11.3 Å². The first-order valence-corrected chi connectivity index (χ1v) is 11.1. The second kappa shape index (κ2) is 11.1. The van der Waals surface area contributed by atoms with Crippen molar-refractivity contribution in [1.82, 2.24) is 15.5 Å². The standard InChI is InChI=1S/C20H34N4O3S/c1-3-21-19(23-16-20(25-2)6-10-26-11-7-20)22-15-17(18-5-4-14-28-18)24-8-12-27-13-9-24/h4-5,14,17H,3,6-13,15-16H2,1-2H3,(H2,21,22,23). The van der Waals surface area contributed by atoms with Crippen molar-refractivity contribution in [2.24, 2.45) is 4.99 Å². The molecule has 2 aliphatic heterocycles. The van der Waals surface area contributed by atoms with E-state index < -0.39 is 0 Å². The highest BCUT2D eigenvalue weighted by Gasteiger charge is 2.32. The molecule has 0 aliphatic carbocycles. The number of morpholine rings is 1. The molecule has 1 atom stereocenters. The van der Waals surface area contributed by atoms with Crippen LogP contribution in [0.15, 0.2) is 22.5 Å². The van der Waals surface area contributed by atoms with E-state index in [0.29, 0.717) is 12.6 Å². The Morgan fingerprint density at radius 3 is 2.64 bits per heavy atom. The lowest BCUT2D eigenvalue weighted by atomic mass is 9.94. The van der Waals surface area contributed by atoms with Crippen molar-refractivity contribution in [3.05, 3.63) is 22.4 Å². The van der Waals surface area contributed by atoms with Gasteiger partial charge in [0.1, 0.15) is 0 Å². The van der Waals surface area contributed by atoms with Crippen molar-refractivity contribution in [1.29, 1.82) is 0 Å². The summed E-state index contributed by atoms with van der Waals surface area (Å²) < 4.78 is 16.9. The fraction of sp³-hybridized carbons (Fsp3) is 0.750. The summed E-state index contributed by atoms with van der Waals surface area (Å²) in [6.45, 7) is 9.39. The van der Waals surface area contributed by atoms with Gasteiger partial charge in [0.25, 0.3) is 0 Å². The van der Waals surface area contributed by atoms with Crippen LogP contribution in [0.3, 0.4) is 0 Å². The average molecular weight is 411 g/mol. The maximum atomic E-state index is 5.82. The van der Waals surface area contributed by atoms with Crippen molar-refractivity contribution in [2.75, 3.05) is 66.3 Å². The molecule has 2 aliphatic rings. The number of aliphatic imine (C=N–C) groups is 1. The first-order chi connectivity index (χ1) is 13.8. The number of hydrogen-bond donors (Lipinski definition) is 2. The van der Waals surface area contributed by atoms with Crippen LogP contribution < -0.4 is 10.6 Å². The van der Waals surface area contributed by atoms with Crippen molar-refractivity contribution in [3.8, 4) is 0 Å². The van der Waals surface area contributed by atoms with Gasteiger partial charge >= 0.3 is 0 Å². The Balaban J connectivity index is 1.64. The maximum absolute atomic E-state index is 5.82. The molecule has 0 aromatic carbocycles. The van der Waals surface area contributed by atoms with Crippen molar-refractivity contribution < 1.29 is 14.2 Å². The molecule has 8 heteroatoms. The summed E-state index contributed by atoms with van der Waals surface area (Å²) in [6.07, 6.45) is 1.77. The van der Waals surface area contributed by atoms with Gasteiger partial charge in [-0.25, -0.2) is 0 Å². The van der Waals surface area contributed by atoms with Gasteiger partial charge in [-0.1, -0.05) is 6.07 Å². The number of rotatable bonds is 8. The molecule has 0 saturated carbocycles. The molecule has 1 aromatic heterocycles. The second-order valence-corrected chi connectivity index (χ2v) is 8.23. The molecule has 3 heterocycles. The molecule has 0 radical (unpaired) electrons. The lowest BCUT2D eigenvalue weighted by molar-refractivity contribution is -0.0828. The quantitative estimate of drug-likeness (QED) is 0.504. The van der Waals surface area contributed by atoms with Crippen molar-refractivity contribution in [3.63, 3.8) is 0 Å². The SMILES string of the molecule is CCNC(=NCC1(OC)CCOCC1)NCC(c1cccs1)N1CCOCC1. The minimum Gasteiger partial charge on any atom is -0.381 e. The minimum atomic E-state index is -0.210. The van der Waals surface area contributed by atoms with Gasteiger partial charge in [0.05, 0.1) is 31.4 Å².